The summed E-state index contributed by atoms with van der Waals surface area (Å²) in [6.45, 7) is 2.88. The second kappa shape index (κ2) is 5.98. The molecule has 2 heteroatoms. The van der Waals surface area contributed by atoms with Crippen LogP contribution in [0.5, 0.6) is 0 Å². The third-order valence-electron chi connectivity index (χ3n) is 3.16. The van der Waals surface area contributed by atoms with Crippen LogP contribution in [-0.2, 0) is 4.74 Å². The fourth-order valence-electron chi connectivity index (χ4n) is 1.99. The smallest absolute Gasteiger partial charge is 0.139 e. The van der Waals surface area contributed by atoms with Crippen LogP contribution >= 0.6 is 0 Å². The molecule has 1 aliphatic rings. The molecule has 0 saturated carbocycles. The minimum Gasteiger partial charge on any atom is -0.357 e. The van der Waals surface area contributed by atoms with Gasteiger partial charge in [0.25, 0.3) is 0 Å². The highest BCUT2D eigenvalue weighted by atomic mass is 16.5. The first-order valence-electron chi connectivity index (χ1n) is 6.61. The third-order valence-corrected chi connectivity index (χ3v) is 3.16. The normalized spacial score (nSPS) is 22.9. The van der Waals surface area contributed by atoms with Crippen LogP contribution in [0.2, 0.25) is 0 Å². The molecule has 0 amide bonds. The first-order valence-corrected chi connectivity index (χ1v) is 6.61. The third kappa shape index (κ3) is 3.31. The Morgan fingerprint density at radius 2 is 2.06 bits per heavy atom. The maximum Gasteiger partial charge on any atom is 0.139 e. The Hall–Kier alpha value is -1.38. The lowest BCUT2D eigenvalue weighted by Crippen LogP contribution is -2.41. The SMILES string of the molecule is CCCCOC1(N)C=CC(c2ccccc2)=CC1. The average molecular weight is 243 g/mol. The monoisotopic (exact) mass is 243 g/mol. The molecule has 1 aliphatic carbocycles. The Morgan fingerprint density at radius 3 is 2.67 bits per heavy atom. The summed E-state index contributed by atoms with van der Waals surface area (Å²) in [6, 6.07) is 10.3. The summed E-state index contributed by atoms with van der Waals surface area (Å²) in [4.78, 5) is 0. The molecule has 2 nitrogen and oxygen atoms in total. The van der Waals surface area contributed by atoms with Crippen LogP contribution in [0.4, 0.5) is 0 Å². The van der Waals surface area contributed by atoms with Crippen molar-refractivity contribution >= 4 is 5.57 Å². The van der Waals surface area contributed by atoms with Gasteiger partial charge in [-0.05, 0) is 23.6 Å². The number of benzene rings is 1. The van der Waals surface area contributed by atoms with E-state index in [1.165, 1.54) is 11.1 Å². The zero-order chi connectivity index (χ0) is 12.8. The number of rotatable bonds is 5. The highest BCUT2D eigenvalue weighted by molar-refractivity contribution is 5.75. The molecular formula is C16H21NO. The summed E-state index contributed by atoms with van der Waals surface area (Å²) in [5.41, 5.74) is 8.01. The molecule has 0 fully saturated rings. The second-order valence-electron chi connectivity index (χ2n) is 4.72. The molecule has 1 aromatic carbocycles. The lowest BCUT2D eigenvalue weighted by molar-refractivity contribution is -0.00360. The number of nitrogens with two attached hydrogens (primary N) is 1. The molecule has 2 N–H and O–H groups in total. The summed E-state index contributed by atoms with van der Waals surface area (Å²) in [5.74, 6) is 0. The van der Waals surface area contributed by atoms with E-state index in [4.69, 9.17) is 10.5 Å². The number of hydrogen-bond acceptors (Lipinski definition) is 2. The van der Waals surface area contributed by atoms with Gasteiger partial charge in [-0.25, -0.2) is 0 Å². The highest BCUT2D eigenvalue weighted by Gasteiger charge is 2.23. The first kappa shape index (κ1) is 13.1. The van der Waals surface area contributed by atoms with Gasteiger partial charge in [0.1, 0.15) is 5.72 Å². The lowest BCUT2D eigenvalue weighted by atomic mass is 9.95. The molecule has 96 valence electrons. The Morgan fingerprint density at radius 1 is 1.28 bits per heavy atom. The van der Waals surface area contributed by atoms with Gasteiger partial charge in [-0.15, -0.1) is 0 Å². The molecule has 0 saturated heterocycles. The number of unbranched alkanes of at least 4 members (excludes halogenated alkanes) is 1. The van der Waals surface area contributed by atoms with Gasteiger partial charge in [-0.1, -0.05) is 55.8 Å². The van der Waals surface area contributed by atoms with Gasteiger partial charge < -0.3 is 4.74 Å². The van der Waals surface area contributed by atoms with E-state index in [0.717, 1.165) is 25.9 Å². The predicted octanol–water partition coefficient (Wildman–Crippen LogP) is 3.50. The van der Waals surface area contributed by atoms with E-state index in [2.05, 4.69) is 31.2 Å². The Balaban J connectivity index is 1.98. The molecule has 0 aliphatic heterocycles. The van der Waals surface area contributed by atoms with Crippen molar-refractivity contribution < 1.29 is 4.74 Å². The van der Waals surface area contributed by atoms with Gasteiger partial charge in [0, 0.05) is 13.0 Å². The van der Waals surface area contributed by atoms with Crippen molar-refractivity contribution in [2.24, 2.45) is 5.73 Å². The number of hydrogen-bond donors (Lipinski definition) is 1. The van der Waals surface area contributed by atoms with Gasteiger partial charge in [-0.3, -0.25) is 5.73 Å². The van der Waals surface area contributed by atoms with Crippen LogP contribution in [-0.4, -0.2) is 12.3 Å². The topological polar surface area (TPSA) is 35.2 Å². The molecule has 0 bridgehead atoms. The van der Waals surface area contributed by atoms with E-state index in [9.17, 15) is 0 Å². The fourth-order valence-corrected chi connectivity index (χ4v) is 1.99. The quantitative estimate of drug-likeness (QED) is 0.634. The van der Waals surface area contributed by atoms with Crippen molar-refractivity contribution in [3.63, 3.8) is 0 Å². The van der Waals surface area contributed by atoms with Gasteiger partial charge in [0.2, 0.25) is 0 Å². The molecule has 0 radical (unpaired) electrons. The Labute approximate surface area is 109 Å². The molecule has 1 aromatic rings. The van der Waals surface area contributed by atoms with Crippen molar-refractivity contribution in [2.75, 3.05) is 6.61 Å². The maximum absolute atomic E-state index is 6.19. The summed E-state index contributed by atoms with van der Waals surface area (Å²) < 4.78 is 5.74. The second-order valence-corrected chi connectivity index (χ2v) is 4.72. The van der Waals surface area contributed by atoms with Crippen LogP contribution in [0.15, 0.2) is 48.6 Å². The van der Waals surface area contributed by atoms with Gasteiger partial charge in [-0.2, -0.15) is 0 Å². The van der Waals surface area contributed by atoms with E-state index in [1.54, 1.807) is 0 Å². The van der Waals surface area contributed by atoms with Gasteiger partial charge in [0.15, 0.2) is 0 Å². The van der Waals surface area contributed by atoms with Crippen molar-refractivity contribution in [1.82, 2.24) is 0 Å². The van der Waals surface area contributed by atoms with Crippen molar-refractivity contribution in [3.05, 3.63) is 54.1 Å². The van der Waals surface area contributed by atoms with Crippen LogP contribution in [0.3, 0.4) is 0 Å². The molecular weight excluding hydrogens is 222 g/mol. The minimum atomic E-state index is -0.618. The van der Waals surface area contributed by atoms with Crippen LogP contribution in [0.1, 0.15) is 31.7 Å². The minimum absolute atomic E-state index is 0.618. The molecule has 0 heterocycles. The van der Waals surface area contributed by atoms with E-state index in [-0.39, 0.29) is 0 Å². The number of allylic oxidation sites excluding steroid dienone is 2. The molecule has 0 aromatic heterocycles. The van der Waals surface area contributed by atoms with Crippen molar-refractivity contribution in [2.45, 2.75) is 31.9 Å². The van der Waals surface area contributed by atoms with Crippen molar-refractivity contribution in [3.8, 4) is 0 Å². The summed E-state index contributed by atoms with van der Waals surface area (Å²) in [7, 11) is 0. The molecule has 2 rings (SSSR count). The zero-order valence-corrected chi connectivity index (χ0v) is 10.9. The molecule has 1 unspecified atom stereocenters. The van der Waals surface area contributed by atoms with E-state index >= 15 is 0 Å². The van der Waals surface area contributed by atoms with Crippen LogP contribution in [0.25, 0.3) is 5.57 Å². The fraction of sp³-hybridized carbons (Fsp3) is 0.375. The van der Waals surface area contributed by atoms with Gasteiger partial charge >= 0.3 is 0 Å². The van der Waals surface area contributed by atoms with Crippen LogP contribution in [0, 0.1) is 0 Å². The standard InChI is InChI=1S/C16H21NO/c1-2-3-13-18-16(17)11-9-15(10-12-16)14-7-5-4-6-8-14/h4-11H,2-3,12-13,17H2,1H3. The average Bonchev–Trinajstić information content (AvgIpc) is 2.41. The highest BCUT2D eigenvalue weighted by Crippen LogP contribution is 2.26. The largest absolute Gasteiger partial charge is 0.357 e. The summed E-state index contributed by atoms with van der Waals surface area (Å²) in [6.07, 6.45) is 9.11. The van der Waals surface area contributed by atoms with Crippen LogP contribution < -0.4 is 5.73 Å². The zero-order valence-electron chi connectivity index (χ0n) is 10.9. The van der Waals surface area contributed by atoms with Gasteiger partial charge in [0.05, 0.1) is 0 Å². The summed E-state index contributed by atoms with van der Waals surface area (Å²) >= 11 is 0. The summed E-state index contributed by atoms with van der Waals surface area (Å²) in [5, 5.41) is 0. The molecule has 0 spiro atoms. The van der Waals surface area contributed by atoms with E-state index in [1.807, 2.05) is 24.3 Å². The predicted molar refractivity (Wildman–Crippen MR) is 76.0 cm³/mol. The maximum atomic E-state index is 6.19. The lowest BCUT2D eigenvalue weighted by Gasteiger charge is -2.28. The van der Waals surface area contributed by atoms with E-state index < -0.39 is 5.72 Å². The number of ether oxygens (including phenoxy) is 1. The van der Waals surface area contributed by atoms with E-state index in [0.29, 0.717) is 0 Å². The Kier molecular flexibility index (Phi) is 4.34. The molecule has 1 atom stereocenters. The first-order chi connectivity index (χ1) is 8.73. The van der Waals surface area contributed by atoms with Crippen molar-refractivity contribution in [1.29, 1.82) is 0 Å². The Bertz CT molecular complexity index is 436. The molecule has 18 heavy (non-hydrogen) atoms.